The second-order valence-corrected chi connectivity index (χ2v) is 5.88. The molecule has 0 unspecified atom stereocenters. The van der Waals surface area contributed by atoms with Crippen molar-refractivity contribution in [3.63, 3.8) is 0 Å². The Morgan fingerprint density at radius 2 is 1.73 bits per heavy atom. The first-order chi connectivity index (χ1) is 12.4. The van der Waals surface area contributed by atoms with Crippen molar-refractivity contribution < 1.29 is 23.5 Å². The number of phenols is 1. The number of hydrogen-bond acceptors (Lipinski definition) is 6. The Balaban J connectivity index is 1.74. The molecule has 0 spiro atoms. The molecule has 0 saturated carbocycles. The summed E-state index contributed by atoms with van der Waals surface area (Å²) in [6.07, 6.45) is 0. The van der Waals surface area contributed by atoms with Gasteiger partial charge in [0.1, 0.15) is 22.9 Å². The van der Waals surface area contributed by atoms with Gasteiger partial charge in [-0.3, -0.25) is 14.9 Å². The van der Waals surface area contributed by atoms with Gasteiger partial charge < -0.3 is 10.4 Å². The van der Waals surface area contributed by atoms with Crippen molar-refractivity contribution >= 4 is 34.0 Å². The van der Waals surface area contributed by atoms with Gasteiger partial charge in [0.15, 0.2) is 0 Å². The van der Waals surface area contributed by atoms with E-state index in [0.717, 1.165) is 29.5 Å². The number of aromatic hydroxyl groups is 1. The van der Waals surface area contributed by atoms with Gasteiger partial charge in [0.25, 0.3) is 11.8 Å². The van der Waals surface area contributed by atoms with Crippen LogP contribution in [0.15, 0.2) is 41.9 Å². The van der Waals surface area contributed by atoms with E-state index in [-0.39, 0.29) is 21.9 Å². The summed E-state index contributed by atoms with van der Waals surface area (Å²) < 4.78 is 26.4. The van der Waals surface area contributed by atoms with E-state index in [1.807, 2.05) is 0 Å². The van der Waals surface area contributed by atoms with Crippen molar-refractivity contribution in [2.24, 2.45) is 0 Å². The largest absolute Gasteiger partial charge is 0.507 e. The standard InChI is InChI=1S/C16H10F2N4O3S/c17-9-3-8(4-10(18)5-9)14(24)20-11-1-2-12(13(23)6-11)15(25)21-16-22-19-7-26-16/h1-7,23H,(H,20,24)(H,21,22,25). The molecule has 10 heteroatoms. The minimum absolute atomic E-state index is 0.0463. The molecule has 26 heavy (non-hydrogen) atoms. The molecule has 3 N–H and O–H groups in total. The lowest BCUT2D eigenvalue weighted by atomic mass is 10.1. The molecule has 3 aromatic rings. The molecule has 0 aliphatic rings. The second-order valence-electron chi connectivity index (χ2n) is 5.04. The maximum absolute atomic E-state index is 13.2. The van der Waals surface area contributed by atoms with E-state index in [2.05, 4.69) is 20.8 Å². The number of aromatic nitrogens is 2. The molecule has 132 valence electrons. The van der Waals surface area contributed by atoms with Crippen molar-refractivity contribution in [2.45, 2.75) is 0 Å². The Morgan fingerprint density at radius 3 is 2.35 bits per heavy atom. The third-order valence-electron chi connectivity index (χ3n) is 3.21. The fourth-order valence-corrected chi connectivity index (χ4v) is 2.52. The van der Waals surface area contributed by atoms with E-state index in [9.17, 15) is 23.5 Å². The predicted molar refractivity (Wildman–Crippen MR) is 90.3 cm³/mol. The van der Waals surface area contributed by atoms with Gasteiger partial charge in [-0.1, -0.05) is 11.3 Å². The van der Waals surface area contributed by atoms with Gasteiger partial charge in [-0.2, -0.15) is 0 Å². The smallest absolute Gasteiger partial charge is 0.261 e. The van der Waals surface area contributed by atoms with Crippen LogP contribution in [0.5, 0.6) is 5.75 Å². The number of nitrogens with one attached hydrogen (secondary N) is 2. The molecule has 1 heterocycles. The summed E-state index contributed by atoms with van der Waals surface area (Å²) in [7, 11) is 0. The molecule has 2 aromatic carbocycles. The first-order valence-corrected chi connectivity index (χ1v) is 7.98. The highest BCUT2D eigenvalue weighted by Crippen LogP contribution is 2.24. The molecule has 2 amide bonds. The fourth-order valence-electron chi connectivity index (χ4n) is 2.08. The van der Waals surface area contributed by atoms with Gasteiger partial charge in [0.2, 0.25) is 5.13 Å². The van der Waals surface area contributed by atoms with E-state index >= 15 is 0 Å². The Kier molecular flexibility index (Phi) is 4.85. The number of rotatable bonds is 4. The van der Waals surface area contributed by atoms with Gasteiger partial charge >= 0.3 is 0 Å². The molecular weight excluding hydrogens is 366 g/mol. The number of benzene rings is 2. The zero-order chi connectivity index (χ0) is 18.7. The Morgan fingerprint density at radius 1 is 1.00 bits per heavy atom. The second kappa shape index (κ2) is 7.23. The van der Waals surface area contributed by atoms with Crippen LogP contribution in [0, 0.1) is 11.6 Å². The summed E-state index contributed by atoms with van der Waals surface area (Å²) in [6.45, 7) is 0. The highest BCUT2D eigenvalue weighted by molar-refractivity contribution is 7.13. The average molecular weight is 376 g/mol. The first kappa shape index (κ1) is 17.4. The molecule has 0 saturated heterocycles. The molecule has 1 aromatic heterocycles. The lowest BCUT2D eigenvalue weighted by Crippen LogP contribution is -2.14. The quantitative estimate of drug-likeness (QED) is 0.649. The predicted octanol–water partition coefficient (Wildman–Crippen LogP) is 3.03. The zero-order valence-electron chi connectivity index (χ0n) is 12.9. The minimum Gasteiger partial charge on any atom is -0.507 e. The Labute approximate surface area is 149 Å². The number of carbonyl (C=O) groups is 2. The topological polar surface area (TPSA) is 104 Å². The van der Waals surface area contributed by atoms with Crippen LogP contribution < -0.4 is 10.6 Å². The molecule has 0 bridgehead atoms. The van der Waals surface area contributed by atoms with Crippen molar-refractivity contribution in [1.29, 1.82) is 0 Å². The molecule has 0 fully saturated rings. The lowest BCUT2D eigenvalue weighted by molar-refractivity contribution is 0.101. The van der Waals surface area contributed by atoms with Crippen LogP contribution in [-0.2, 0) is 0 Å². The van der Waals surface area contributed by atoms with E-state index < -0.39 is 29.2 Å². The number of hydrogen-bond donors (Lipinski definition) is 3. The lowest BCUT2D eigenvalue weighted by Gasteiger charge is -2.09. The summed E-state index contributed by atoms with van der Waals surface area (Å²) in [5, 5.41) is 22.3. The maximum Gasteiger partial charge on any atom is 0.261 e. The highest BCUT2D eigenvalue weighted by Gasteiger charge is 2.15. The van der Waals surface area contributed by atoms with E-state index in [0.29, 0.717) is 6.07 Å². The number of amides is 2. The fraction of sp³-hybridized carbons (Fsp3) is 0. The average Bonchev–Trinajstić information content (AvgIpc) is 3.06. The highest BCUT2D eigenvalue weighted by atomic mass is 32.1. The van der Waals surface area contributed by atoms with Crippen LogP contribution in [0.1, 0.15) is 20.7 Å². The van der Waals surface area contributed by atoms with Gasteiger partial charge in [-0.25, -0.2) is 8.78 Å². The zero-order valence-corrected chi connectivity index (χ0v) is 13.7. The molecular formula is C16H10F2N4O3S. The van der Waals surface area contributed by atoms with E-state index in [1.165, 1.54) is 17.6 Å². The third kappa shape index (κ3) is 3.98. The van der Waals surface area contributed by atoms with Gasteiger partial charge in [-0.15, -0.1) is 10.2 Å². The summed E-state index contributed by atoms with van der Waals surface area (Å²) in [6, 6.07) is 6.19. The van der Waals surface area contributed by atoms with Crippen LogP contribution in [0.4, 0.5) is 19.6 Å². The number of carbonyl (C=O) groups excluding carboxylic acids is 2. The molecule has 0 aliphatic carbocycles. The summed E-state index contributed by atoms with van der Waals surface area (Å²) in [5.41, 5.74) is 1.31. The molecule has 7 nitrogen and oxygen atoms in total. The number of halogens is 2. The Bertz CT molecular complexity index is 959. The first-order valence-electron chi connectivity index (χ1n) is 7.10. The normalized spacial score (nSPS) is 10.4. The monoisotopic (exact) mass is 376 g/mol. The van der Waals surface area contributed by atoms with Crippen LogP contribution in [-0.4, -0.2) is 27.1 Å². The van der Waals surface area contributed by atoms with Crippen LogP contribution in [0.2, 0.25) is 0 Å². The van der Waals surface area contributed by atoms with Crippen molar-refractivity contribution in [2.75, 3.05) is 10.6 Å². The van der Waals surface area contributed by atoms with Crippen molar-refractivity contribution in [3.8, 4) is 5.75 Å². The van der Waals surface area contributed by atoms with Gasteiger partial charge in [0.05, 0.1) is 5.56 Å². The van der Waals surface area contributed by atoms with Crippen molar-refractivity contribution in [3.05, 3.63) is 64.7 Å². The SMILES string of the molecule is O=C(Nc1ccc(C(=O)Nc2nncs2)c(O)c1)c1cc(F)cc(F)c1. The van der Waals surface area contributed by atoms with E-state index in [4.69, 9.17) is 0 Å². The van der Waals surface area contributed by atoms with Crippen molar-refractivity contribution in [1.82, 2.24) is 10.2 Å². The van der Waals surface area contributed by atoms with Crippen LogP contribution >= 0.6 is 11.3 Å². The maximum atomic E-state index is 13.2. The number of phenolic OH excluding ortho intramolecular Hbond substituents is 1. The summed E-state index contributed by atoms with van der Waals surface area (Å²) in [4.78, 5) is 24.1. The third-order valence-corrected chi connectivity index (χ3v) is 3.81. The van der Waals surface area contributed by atoms with Gasteiger partial charge in [0, 0.05) is 23.4 Å². The van der Waals surface area contributed by atoms with Crippen LogP contribution in [0.25, 0.3) is 0 Å². The molecule has 3 rings (SSSR count). The van der Waals surface area contributed by atoms with Crippen LogP contribution in [0.3, 0.4) is 0 Å². The molecule has 0 aliphatic heterocycles. The van der Waals surface area contributed by atoms with Gasteiger partial charge in [-0.05, 0) is 24.3 Å². The van der Waals surface area contributed by atoms with E-state index in [1.54, 1.807) is 0 Å². The molecule has 0 radical (unpaired) electrons. The Hall–Kier alpha value is -3.40. The minimum atomic E-state index is -0.887. The molecule has 0 atom stereocenters. The summed E-state index contributed by atoms with van der Waals surface area (Å²) >= 11 is 1.11. The summed E-state index contributed by atoms with van der Waals surface area (Å²) in [5.74, 6) is -3.54. The number of anilines is 2. The number of nitrogens with zero attached hydrogens (tertiary/aromatic N) is 2.